The molecular formula is C13H15FN4S. The van der Waals surface area contributed by atoms with Crippen LogP contribution < -0.4 is 11.1 Å². The number of halogens is 1. The standard InChI is InChI=1S/C13H15FN4S/c1-7-4-5-9(14)6-10(7)16-13-11(12(15)19)8(2)17-18(13)3/h4-6,16H,1-3H3,(H2,15,19). The number of aromatic nitrogens is 2. The Hall–Kier alpha value is -1.95. The number of nitrogens with one attached hydrogen (secondary N) is 1. The smallest absolute Gasteiger partial charge is 0.138 e. The topological polar surface area (TPSA) is 55.9 Å². The molecule has 0 aliphatic rings. The molecule has 1 aromatic heterocycles. The summed E-state index contributed by atoms with van der Waals surface area (Å²) >= 11 is 5.04. The van der Waals surface area contributed by atoms with Crippen molar-refractivity contribution in [2.24, 2.45) is 12.8 Å². The number of anilines is 2. The highest BCUT2D eigenvalue weighted by atomic mass is 32.1. The molecule has 100 valence electrons. The fourth-order valence-electron chi connectivity index (χ4n) is 1.95. The number of nitrogens with zero attached hydrogens (tertiary/aromatic N) is 2. The fourth-order valence-corrected chi connectivity index (χ4v) is 2.20. The van der Waals surface area contributed by atoms with E-state index < -0.39 is 0 Å². The maximum Gasteiger partial charge on any atom is 0.138 e. The predicted octanol–water partition coefficient (Wildman–Crippen LogP) is 2.55. The highest BCUT2D eigenvalue weighted by Crippen LogP contribution is 2.25. The van der Waals surface area contributed by atoms with E-state index in [1.54, 1.807) is 17.8 Å². The average molecular weight is 278 g/mol. The van der Waals surface area contributed by atoms with Crippen molar-refractivity contribution in [3.8, 4) is 0 Å². The molecule has 2 rings (SSSR count). The van der Waals surface area contributed by atoms with E-state index in [0.717, 1.165) is 11.3 Å². The van der Waals surface area contributed by atoms with Gasteiger partial charge in [-0.3, -0.25) is 4.68 Å². The first-order valence-corrected chi connectivity index (χ1v) is 6.17. The molecule has 0 spiro atoms. The molecule has 2 aromatic rings. The summed E-state index contributed by atoms with van der Waals surface area (Å²) in [6.07, 6.45) is 0. The number of hydrogen-bond acceptors (Lipinski definition) is 3. The van der Waals surface area contributed by atoms with E-state index in [4.69, 9.17) is 18.0 Å². The lowest BCUT2D eigenvalue weighted by Gasteiger charge is -2.11. The second-order valence-electron chi connectivity index (χ2n) is 4.38. The number of benzene rings is 1. The molecule has 0 fully saturated rings. The van der Waals surface area contributed by atoms with Gasteiger partial charge in [-0.15, -0.1) is 0 Å². The van der Waals surface area contributed by atoms with Gasteiger partial charge < -0.3 is 11.1 Å². The molecule has 0 radical (unpaired) electrons. The van der Waals surface area contributed by atoms with Crippen LogP contribution in [-0.2, 0) is 7.05 Å². The van der Waals surface area contributed by atoms with E-state index in [0.29, 0.717) is 17.1 Å². The second-order valence-corrected chi connectivity index (χ2v) is 4.82. The summed E-state index contributed by atoms with van der Waals surface area (Å²) in [5.74, 6) is 0.363. The predicted molar refractivity (Wildman–Crippen MR) is 78.3 cm³/mol. The first-order valence-electron chi connectivity index (χ1n) is 5.76. The Labute approximate surface area is 116 Å². The van der Waals surface area contributed by atoms with Gasteiger partial charge in [0, 0.05) is 12.7 Å². The van der Waals surface area contributed by atoms with Gasteiger partial charge in [-0.25, -0.2) is 4.39 Å². The molecule has 4 nitrogen and oxygen atoms in total. The average Bonchev–Trinajstić information content (AvgIpc) is 2.59. The van der Waals surface area contributed by atoms with E-state index in [1.165, 1.54) is 12.1 Å². The van der Waals surface area contributed by atoms with Crippen molar-refractivity contribution in [3.05, 3.63) is 40.8 Å². The van der Waals surface area contributed by atoms with Crippen molar-refractivity contribution in [1.82, 2.24) is 9.78 Å². The summed E-state index contributed by atoms with van der Waals surface area (Å²) in [6.45, 7) is 3.73. The van der Waals surface area contributed by atoms with Gasteiger partial charge in [-0.05, 0) is 31.5 Å². The van der Waals surface area contributed by atoms with Gasteiger partial charge in [-0.2, -0.15) is 5.10 Å². The molecule has 0 aliphatic heterocycles. The van der Waals surface area contributed by atoms with Gasteiger partial charge in [0.05, 0.1) is 11.3 Å². The summed E-state index contributed by atoms with van der Waals surface area (Å²) in [7, 11) is 1.78. The maximum atomic E-state index is 13.3. The zero-order valence-electron chi connectivity index (χ0n) is 11.0. The van der Waals surface area contributed by atoms with Crippen LogP contribution in [0.25, 0.3) is 0 Å². The summed E-state index contributed by atoms with van der Waals surface area (Å²) in [6, 6.07) is 4.56. The zero-order chi connectivity index (χ0) is 14.2. The Balaban J connectivity index is 2.49. The van der Waals surface area contributed by atoms with Crippen molar-refractivity contribution in [1.29, 1.82) is 0 Å². The molecule has 1 heterocycles. The van der Waals surface area contributed by atoms with Crippen LogP contribution in [0.15, 0.2) is 18.2 Å². The molecule has 0 amide bonds. The van der Waals surface area contributed by atoms with Crippen molar-refractivity contribution in [2.75, 3.05) is 5.32 Å². The van der Waals surface area contributed by atoms with Crippen LogP contribution in [0.1, 0.15) is 16.8 Å². The van der Waals surface area contributed by atoms with Gasteiger partial charge in [-0.1, -0.05) is 18.3 Å². The SMILES string of the molecule is Cc1ccc(F)cc1Nc1c(C(N)=S)c(C)nn1C. The minimum Gasteiger partial charge on any atom is -0.389 e. The van der Waals surface area contributed by atoms with Crippen molar-refractivity contribution in [3.63, 3.8) is 0 Å². The molecule has 19 heavy (non-hydrogen) atoms. The van der Waals surface area contributed by atoms with Crippen LogP contribution in [0, 0.1) is 19.7 Å². The molecule has 3 N–H and O–H groups in total. The molecule has 6 heteroatoms. The van der Waals surface area contributed by atoms with E-state index >= 15 is 0 Å². The van der Waals surface area contributed by atoms with Crippen LogP contribution >= 0.6 is 12.2 Å². The molecule has 0 saturated carbocycles. The minimum atomic E-state index is -0.302. The normalized spacial score (nSPS) is 10.5. The van der Waals surface area contributed by atoms with Crippen LogP contribution in [0.5, 0.6) is 0 Å². The lowest BCUT2D eigenvalue weighted by Crippen LogP contribution is -2.13. The van der Waals surface area contributed by atoms with Gasteiger partial charge in [0.2, 0.25) is 0 Å². The quantitative estimate of drug-likeness (QED) is 0.847. The number of hydrogen-bond donors (Lipinski definition) is 2. The van der Waals surface area contributed by atoms with Crippen molar-refractivity contribution < 1.29 is 4.39 Å². The Bertz CT molecular complexity index is 648. The molecule has 0 aliphatic carbocycles. The molecule has 0 saturated heterocycles. The van der Waals surface area contributed by atoms with Crippen LogP contribution in [0.3, 0.4) is 0 Å². The molecule has 0 bridgehead atoms. The van der Waals surface area contributed by atoms with Crippen molar-refractivity contribution >= 4 is 28.7 Å². The lowest BCUT2D eigenvalue weighted by atomic mass is 10.2. The third kappa shape index (κ3) is 2.58. The summed E-state index contributed by atoms with van der Waals surface area (Å²) in [5, 5.41) is 7.42. The number of rotatable bonds is 3. The Kier molecular flexibility index (Phi) is 3.53. The summed E-state index contributed by atoms with van der Waals surface area (Å²) in [5.41, 5.74) is 8.73. The lowest BCUT2D eigenvalue weighted by molar-refractivity contribution is 0.628. The van der Waals surface area contributed by atoms with E-state index in [9.17, 15) is 4.39 Å². The second kappa shape index (κ2) is 4.97. The maximum absolute atomic E-state index is 13.3. The van der Waals surface area contributed by atoms with Crippen LogP contribution in [-0.4, -0.2) is 14.8 Å². The largest absolute Gasteiger partial charge is 0.389 e. The number of thiocarbonyl (C=S) groups is 1. The Morgan fingerprint density at radius 3 is 2.74 bits per heavy atom. The third-order valence-electron chi connectivity index (χ3n) is 2.92. The monoisotopic (exact) mass is 278 g/mol. The first-order chi connectivity index (χ1) is 8.90. The van der Waals surface area contributed by atoms with Gasteiger partial charge in [0.15, 0.2) is 0 Å². The molecular weight excluding hydrogens is 263 g/mol. The van der Waals surface area contributed by atoms with Crippen molar-refractivity contribution in [2.45, 2.75) is 13.8 Å². The van der Waals surface area contributed by atoms with Gasteiger partial charge >= 0.3 is 0 Å². The number of aryl methyl sites for hydroxylation is 3. The summed E-state index contributed by atoms with van der Waals surface area (Å²) in [4.78, 5) is 0.266. The Morgan fingerprint density at radius 1 is 1.42 bits per heavy atom. The highest BCUT2D eigenvalue weighted by Gasteiger charge is 2.16. The third-order valence-corrected chi connectivity index (χ3v) is 3.13. The Morgan fingerprint density at radius 2 is 2.11 bits per heavy atom. The molecule has 0 atom stereocenters. The van der Waals surface area contributed by atoms with Gasteiger partial charge in [0.1, 0.15) is 16.6 Å². The molecule has 0 unspecified atom stereocenters. The summed E-state index contributed by atoms with van der Waals surface area (Å²) < 4.78 is 14.9. The first kappa shape index (κ1) is 13.5. The van der Waals surface area contributed by atoms with E-state index in [-0.39, 0.29) is 10.8 Å². The zero-order valence-corrected chi connectivity index (χ0v) is 11.8. The fraction of sp³-hybridized carbons (Fsp3) is 0.231. The van der Waals surface area contributed by atoms with Crippen LogP contribution in [0.2, 0.25) is 0 Å². The van der Waals surface area contributed by atoms with Gasteiger partial charge in [0.25, 0.3) is 0 Å². The van der Waals surface area contributed by atoms with Crippen LogP contribution in [0.4, 0.5) is 15.9 Å². The highest BCUT2D eigenvalue weighted by molar-refractivity contribution is 7.80. The number of nitrogens with two attached hydrogens (primary N) is 1. The minimum absolute atomic E-state index is 0.266. The van der Waals surface area contributed by atoms with E-state index in [2.05, 4.69) is 10.4 Å². The van der Waals surface area contributed by atoms with E-state index in [1.807, 2.05) is 13.8 Å². The molecule has 1 aromatic carbocycles.